The van der Waals surface area contributed by atoms with Crippen LogP contribution < -0.4 is 11.3 Å². The zero-order valence-electron chi connectivity index (χ0n) is 15.5. The Morgan fingerprint density at radius 2 is 1.82 bits per heavy atom. The van der Waals surface area contributed by atoms with Gasteiger partial charge in [-0.25, -0.2) is 9.97 Å². The van der Waals surface area contributed by atoms with E-state index in [1.165, 1.54) is 0 Å². The second kappa shape index (κ2) is 8.27. The maximum Gasteiger partial charge on any atom is 0.152 e. The average molecular weight is 395 g/mol. The smallest absolute Gasteiger partial charge is 0.152 e. The number of fused-ring (bicyclic) bond motifs is 1. The van der Waals surface area contributed by atoms with Crippen LogP contribution in [0.5, 0.6) is 5.75 Å². The van der Waals surface area contributed by atoms with Crippen LogP contribution in [-0.4, -0.2) is 21.1 Å². The summed E-state index contributed by atoms with van der Waals surface area (Å²) in [4.78, 5) is 9.53. The highest BCUT2D eigenvalue weighted by atomic mass is 35.5. The third-order valence-electron chi connectivity index (χ3n) is 5.35. The second-order valence-corrected chi connectivity index (χ2v) is 7.65. The molecule has 0 radical (unpaired) electrons. The molecular weight excluding hydrogens is 372 g/mol. The fourth-order valence-corrected chi connectivity index (χ4v) is 4.04. The first-order valence-electron chi connectivity index (χ1n) is 9.54. The molecule has 5 nitrogen and oxygen atoms in total. The zero-order valence-corrected chi connectivity index (χ0v) is 16.2. The van der Waals surface area contributed by atoms with Crippen molar-refractivity contribution in [3.63, 3.8) is 0 Å². The monoisotopic (exact) mass is 394 g/mol. The molecular formula is C22H23ClN4O. The number of phenolic OH excluding ortho intramolecular Hbond substituents is 1. The van der Waals surface area contributed by atoms with Gasteiger partial charge in [-0.15, -0.1) is 0 Å². The number of hydrogen-bond acceptors (Lipinski definition) is 5. The molecule has 0 spiro atoms. The van der Waals surface area contributed by atoms with E-state index in [9.17, 15) is 5.11 Å². The van der Waals surface area contributed by atoms with E-state index in [2.05, 4.69) is 10.4 Å². The van der Waals surface area contributed by atoms with Crippen molar-refractivity contribution in [2.75, 3.05) is 0 Å². The quantitative estimate of drug-likeness (QED) is 0.443. The summed E-state index contributed by atoms with van der Waals surface area (Å²) >= 11 is 5.96. The molecule has 1 aliphatic carbocycles. The van der Waals surface area contributed by atoms with Gasteiger partial charge < -0.3 is 5.11 Å². The van der Waals surface area contributed by atoms with Crippen LogP contribution in [0.1, 0.15) is 48.7 Å². The molecule has 1 saturated carbocycles. The minimum Gasteiger partial charge on any atom is -0.508 e. The maximum atomic E-state index is 10.00. The van der Waals surface area contributed by atoms with Crippen LogP contribution in [0.4, 0.5) is 0 Å². The zero-order chi connectivity index (χ0) is 19.5. The molecule has 4 N–H and O–H groups in total. The average Bonchev–Trinajstić information content (AvgIpc) is 2.73. The first-order chi connectivity index (χ1) is 13.6. The van der Waals surface area contributed by atoms with Gasteiger partial charge in [0.05, 0.1) is 11.2 Å². The van der Waals surface area contributed by atoms with E-state index in [0.29, 0.717) is 10.8 Å². The molecule has 2 atom stereocenters. The van der Waals surface area contributed by atoms with Crippen molar-refractivity contribution in [1.29, 1.82) is 0 Å². The van der Waals surface area contributed by atoms with Gasteiger partial charge in [0.15, 0.2) is 5.82 Å². The normalized spacial score (nSPS) is 20.1. The van der Waals surface area contributed by atoms with Crippen LogP contribution in [0.15, 0.2) is 42.5 Å². The van der Waals surface area contributed by atoms with E-state index in [4.69, 9.17) is 22.4 Å². The van der Waals surface area contributed by atoms with Crippen LogP contribution >= 0.6 is 11.6 Å². The molecule has 4 rings (SSSR count). The third-order valence-corrected chi connectivity index (χ3v) is 5.60. The van der Waals surface area contributed by atoms with Crippen molar-refractivity contribution < 1.29 is 5.11 Å². The number of aromatic nitrogens is 2. The topological polar surface area (TPSA) is 84.1 Å². The van der Waals surface area contributed by atoms with Crippen molar-refractivity contribution in [3.8, 4) is 5.75 Å². The summed E-state index contributed by atoms with van der Waals surface area (Å²) in [7, 11) is 0. The van der Waals surface area contributed by atoms with Gasteiger partial charge in [-0.3, -0.25) is 11.3 Å². The number of aromatic hydroxyl groups is 1. The standard InChI is InChI=1S/C22H23ClN4O/c23-15-8-5-14(6-9-15)7-12-21-25-19-11-10-16(28)13-18(19)22(26-21)17-3-1-2-4-20(17)27-24/h5-13,17,20,27-28H,1-4,24H2/t17-,20+/m0/s1. The molecule has 2 aromatic carbocycles. The largest absolute Gasteiger partial charge is 0.508 e. The van der Waals surface area contributed by atoms with E-state index in [1.54, 1.807) is 12.1 Å². The minimum atomic E-state index is 0.169. The van der Waals surface area contributed by atoms with Gasteiger partial charge in [-0.05, 0) is 54.8 Å². The number of benzene rings is 2. The van der Waals surface area contributed by atoms with Crippen molar-refractivity contribution >= 4 is 34.7 Å². The molecule has 1 aromatic heterocycles. The van der Waals surface area contributed by atoms with E-state index in [1.807, 2.05) is 42.5 Å². The molecule has 0 saturated heterocycles. The van der Waals surface area contributed by atoms with Gasteiger partial charge in [0.2, 0.25) is 0 Å². The second-order valence-electron chi connectivity index (χ2n) is 7.22. The summed E-state index contributed by atoms with van der Waals surface area (Å²) in [6.45, 7) is 0. The van der Waals surface area contributed by atoms with Crippen LogP contribution in [0.25, 0.3) is 23.1 Å². The molecule has 1 fully saturated rings. The van der Waals surface area contributed by atoms with Gasteiger partial charge in [0.1, 0.15) is 5.75 Å². The number of nitrogens with one attached hydrogen (secondary N) is 1. The lowest BCUT2D eigenvalue weighted by atomic mass is 9.81. The van der Waals surface area contributed by atoms with Gasteiger partial charge in [0, 0.05) is 22.4 Å². The number of nitrogens with two attached hydrogens (primary N) is 1. The van der Waals surface area contributed by atoms with E-state index in [-0.39, 0.29) is 17.7 Å². The molecule has 0 amide bonds. The van der Waals surface area contributed by atoms with E-state index in [0.717, 1.165) is 47.8 Å². The van der Waals surface area contributed by atoms with E-state index < -0.39 is 0 Å². The van der Waals surface area contributed by atoms with Gasteiger partial charge in [-0.1, -0.05) is 42.7 Å². The van der Waals surface area contributed by atoms with Crippen LogP contribution in [-0.2, 0) is 0 Å². The Kier molecular flexibility index (Phi) is 5.57. The van der Waals surface area contributed by atoms with E-state index >= 15 is 0 Å². The lowest BCUT2D eigenvalue weighted by molar-refractivity contribution is 0.328. The molecule has 3 aromatic rings. The Labute approximate surface area is 169 Å². The molecule has 0 aliphatic heterocycles. The Morgan fingerprint density at radius 3 is 2.61 bits per heavy atom. The van der Waals surface area contributed by atoms with Crippen molar-refractivity contribution in [3.05, 3.63) is 64.6 Å². The van der Waals surface area contributed by atoms with Crippen LogP contribution in [0.3, 0.4) is 0 Å². The fourth-order valence-electron chi connectivity index (χ4n) is 3.92. The van der Waals surface area contributed by atoms with Crippen molar-refractivity contribution in [2.24, 2.45) is 5.84 Å². The number of nitrogens with zero attached hydrogens (tertiary/aromatic N) is 2. The molecule has 0 unspecified atom stereocenters. The molecule has 28 heavy (non-hydrogen) atoms. The van der Waals surface area contributed by atoms with Gasteiger partial charge in [-0.2, -0.15) is 0 Å². The first kappa shape index (κ1) is 18.9. The molecule has 144 valence electrons. The Hall–Kier alpha value is -2.47. The van der Waals surface area contributed by atoms with Gasteiger partial charge >= 0.3 is 0 Å². The maximum absolute atomic E-state index is 10.00. The number of phenols is 1. The highest BCUT2D eigenvalue weighted by Gasteiger charge is 2.28. The molecule has 6 heteroatoms. The van der Waals surface area contributed by atoms with Crippen LogP contribution in [0, 0.1) is 0 Å². The van der Waals surface area contributed by atoms with Gasteiger partial charge in [0.25, 0.3) is 0 Å². The molecule has 1 aliphatic rings. The Balaban J connectivity index is 1.78. The summed E-state index contributed by atoms with van der Waals surface area (Å²) in [6, 6.07) is 13.0. The predicted molar refractivity (Wildman–Crippen MR) is 114 cm³/mol. The minimum absolute atomic E-state index is 0.169. The Morgan fingerprint density at radius 1 is 1.04 bits per heavy atom. The van der Waals surface area contributed by atoms with Crippen LogP contribution in [0.2, 0.25) is 5.02 Å². The summed E-state index contributed by atoms with van der Waals surface area (Å²) in [5.74, 6) is 6.87. The predicted octanol–water partition coefficient (Wildman–Crippen LogP) is 4.65. The number of hydrogen-bond donors (Lipinski definition) is 3. The molecule has 1 heterocycles. The SMILES string of the molecule is NN[C@@H]1CCCC[C@@H]1c1nc(C=Cc2ccc(Cl)cc2)nc2ccc(O)cc12. The number of rotatable bonds is 4. The highest BCUT2D eigenvalue weighted by molar-refractivity contribution is 6.30. The van der Waals surface area contributed by atoms with Crippen molar-refractivity contribution in [1.82, 2.24) is 15.4 Å². The Bertz CT molecular complexity index is 1000. The summed E-state index contributed by atoms with van der Waals surface area (Å²) in [5, 5.41) is 11.6. The first-order valence-corrected chi connectivity index (χ1v) is 9.92. The lowest BCUT2D eigenvalue weighted by Crippen LogP contribution is -2.41. The highest BCUT2D eigenvalue weighted by Crippen LogP contribution is 2.36. The summed E-state index contributed by atoms with van der Waals surface area (Å²) < 4.78 is 0. The lowest BCUT2D eigenvalue weighted by Gasteiger charge is -2.31. The van der Waals surface area contributed by atoms with Crippen molar-refractivity contribution in [2.45, 2.75) is 37.6 Å². The summed E-state index contributed by atoms with van der Waals surface area (Å²) in [5.41, 5.74) is 5.75. The molecule has 0 bridgehead atoms. The third kappa shape index (κ3) is 4.02. The fraction of sp³-hybridized carbons (Fsp3) is 0.273. The number of hydrazine groups is 1. The number of halogens is 1. The summed E-state index contributed by atoms with van der Waals surface area (Å²) in [6.07, 6.45) is 8.21.